The Balaban J connectivity index is 1.82. The normalized spacial score (nSPS) is 11.8. The topological polar surface area (TPSA) is 81.5 Å². The van der Waals surface area contributed by atoms with Crippen LogP contribution in [-0.4, -0.2) is 16.9 Å². The molecule has 1 amide bonds. The van der Waals surface area contributed by atoms with Crippen LogP contribution >= 0.6 is 11.6 Å². The molecule has 0 fully saturated rings. The number of carbonyl (C=O) groups is 1. The van der Waals surface area contributed by atoms with Crippen LogP contribution in [0.15, 0.2) is 60.7 Å². The van der Waals surface area contributed by atoms with Crippen LogP contribution in [-0.2, 0) is 4.79 Å². The maximum Gasteiger partial charge on any atom is 0.271 e. The summed E-state index contributed by atoms with van der Waals surface area (Å²) in [5, 5.41) is 15.7. The van der Waals surface area contributed by atoms with Gasteiger partial charge in [0.15, 0.2) is 6.10 Å². The van der Waals surface area contributed by atoms with Crippen molar-refractivity contribution >= 4 is 39.7 Å². The third kappa shape index (κ3) is 4.17. The zero-order valence-electron chi connectivity index (χ0n) is 14.5. The number of nitro groups is 1. The number of fused-ring (bicyclic) bond motifs is 1. The molecule has 0 aliphatic heterocycles. The highest BCUT2D eigenvalue weighted by atomic mass is 35.5. The number of nitrogens with one attached hydrogen (secondary N) is 1. The smallest absolute Gasteiger partial charge is 0.271 e. The molecular weight excluding hydrogens is 368 g/mol. The van der Waals surface area contributed by atoms with E-state index in [1.54, 1.807) is 6.07 Å². The lowest BCUT2D eigenvalue weighted by Gasteiger charge is -2.19. The summed E-state index contributed by atoms with van der Waals surface area (Å²) in [6.45, 7) is 1.82. The minimum Gasteiger partial charge on any atom is -0.480 e. The van der Waals surface area contributed by atoms with Crippen molar-refractivity contribution in [1.82, 2.24) is 0 Å². The Labute approximate surface area is 160 Å². The number of amides is 1. The minimum atomic E-state index is -0.772. The van der Waals surface area contributed by atoms with Crippen LogP contribution < -0.4 is 10.1 Å². The Bertz CT molecular complexity index is 1000. The third-order valence-corrected chi connectivity index (χ3v) is 4.43. The second-order valence-electron chi connectivity index (χ2n) is 5.90. The lowest BCUT2D eigenvalue weighted by atomic mass is 10.1. The number of nitrogens with zero attached hydrogens (tertiary/aromatic N) is 1. The van der Waals surface area contributed by atoms with E-state index in [2.05, 4.69) is 5.32 Å². The molecule has 6 nitrogen and oxygen atoms in total. The third-order valence-electron chi connectivity index (χ3n) is 4.10. The Morgan fingerprint density at radius 1 is 1.19 bits per heavy atom. The van der Waals surface area contributed by atoms with Gasteiger partial charge in [-0.15, -0.1) is 0 Å². The monoisotopic (exact) mass is 384 g/mol. The molecule has 0 aliphatic rings. The summed E-state index contributed by atoms with van der Waals surface area (Å²) in [6, 6.07) is 17.2. The molecule has 0 saturated heterocycles. The average Bonchev–Trinajstić information content (AvgIpc) is 2.67. The number of ether oxygens (including phenoxy) is 1. The molecule has 138 valence electrons. The molecule has 1 N–H and O–H groups in total. The van der Waals surface area contributed by atoms with E-state index < -0.39 is 16.9 Å². The number of benzene rings is 3. The summed E-state index contributed by atoms with van der Waals surface area (Å²) in [5.41, 5.74) is 0.0218. The number of non-ortho nitro benzene ring substituents is 1. The highest BCUT2D eigenvalue weighted by Gasteiger charge is 2.21. The molecule has 3 rings (SSSR count). The van der Waals surface area contributed by atoms with E-state index in [1.165, 1.54) is 18.2 Å². The van der Waals surface area contributed by atoms with E-state index in [4.69, 9.17) is 16.3 Å². The van der Waals surface area contributed by atoms with Crippen molar-refractivity contribution in [1.29, 1.82) is 0 Å². The summed E-state index contributed by atoms with van der Waals surface area (Å²) in [6.07, 6.45) is -0.354. The maximum absolute atomic E-state index is 12.7. The predicted molar refractivity (Wildman–Crippen MR) is 105 cm³/mol. The van der Waals surface area contributed by atoms with E-state index in [0.717, 1.165) is 10.8 Å². The second-order valence-corrected chi connectivity index (χ2v) is 6.31. The van der Waals surface area contributed by atoms with Gasteiger partial charge in [0, 0.05) is 17.5 Å². The zero-order chi connectivity index (χ0) is 19.4. The number of hydrogen-bond donors (Lipinski definition) is 1. The standard InChI is InChI=1S/C20H17ClN2O4/c1-2-18(27-19-9-5-7-13-6-3-4-8-15(13)19)20(24)22-17-12-14(23(25)26)10-11-16(17)21/h3-12,18H,2H2,1H3,(H,22,24)/t18-/m1/s1. The number of rotatable bonds is 6. The molecule has 0 aliphatic carbocycles. The molecule has 3 aromatic carbocycles. The predicted octanol–water partition coefficient (Wildman–Crippen LogP) is 5.20. The van der Waals surface area contributed by atoms with Gasteiger partial charge in [-0.05, 0) is 23.9 Å². The van der Waals surface area contributed by atoms with Crippen molar-refractivity contribution in [3.8, 4) is 5.75 Å². The highest BCUT2D eigenvalue weighted by molar-refractivity contribution is 6.33. The molecule has 0 unspecified atom stereocenters. The van der Waals surface area contributed by atoms with Crippen molar-refractivity contribution in [2.75, 3.05) is 5.32 Å². The van der Waals surface area contributed by atoms with Gasteiger partial charge in [0.25, 0.3) is 11.6 Å². The molecule has 0 saturated carbocycles. The lowest BCUT2D eigenvalue weighted by molar-refractivity contribution is -0.384. The second kappa shape index (κ2) is 8.05. The summed E-state index contributed by atoms with van der Waals surface area (Å²) in [5.74, 6) is 0.174. The molecule has 0 aromatic heterocycles. The van der Waals surface area contributed by atoms with Crippen molar-refractivity contribution in [3.05, 3.63) is 75.8 Å². The molecule has 0 spiro atoms. The van der Waals surface area contributed by atoms with Gasteiger partial charge in [-0.2, -0.15) is 0 Å². The van der Waals surface area contributed by atoms with Gasteiger partial charge in [-0.25, -0.2) is 0 Å². The van der Waals surface area contributed by atoms with Gasteiger partial charge >= 0.3 is 0 Å². The summed E-state index contributed by atoms with van der Waals surface area (Å²) in [7, 11) is 0. The van der Waals surface area contributed by atoms with Crippen molar-refractivity contribution in [2.24, 2.45) is 0 Å². The zero-order valence-corrected chi connectivity index (χ0v) is 15.3. The number of hydrogen-bond acceptors (Lipinski definition) is 4. The van der Waals surface area contributed by atoms with E-state index in [9.17, 15) is 14.9 Å². The summed E-state index contributed by atoms with van der Waals surface area (Å²) in [4.78, 5) is 23.0. The van der Waals surface area contributed by atoms with E-state index >= 15 is 0 Å². The van der Waals surface area contributed by atoms with E-state index in [1.807, 2.05) is 43.3 Å². The van der Waals surface area contributed by atoms with Crippen LogP contribution in [0.1, 0.15) is 13.3 Å². The van der Waals surface area contributed by atoms with Gasteiger partial charge in [-0.1, -0.05) is 54.9 Å². The summed E-state index contributed by atoms with van der Waals surface area (Å²) < 4.78 is 5.94. The fourth-order valence-electron chi connectivity index (χ4n) is 2.71. The Hall–Kier alpha value is -3.12. The Morgan fingerprint density at radius 3 is 2.67 bits per heavy atom. The molecule has 7 heteroatoms. The lowest BCUT2D eigenvalue weighted by Crippen LogP contribution is -2.32. The first kappa shape index (κ1) is 18.7. The number of halogens is 1. The molecule has 3 aromatic rings. The highest BCUT2D eigenvalue weighted by Crippen LogP contribution is 2.29. The van der Waals surface area contributed by atoms with Crippen LogP contribution in [0, 0.1) is 10.1 Å². The first-order valence-electron chi connectivity index (χ1n) is 8.39. The van der Waals surface area contributed by atoms with Crippen LogP contribution in [0.2, 0.25) is 5.02 Å². The maximum atomic E-state index is 12.7. The van der Waals surface area contributed by atoms with Crippen molar-refractivity contribution in [2.45, 2.75) is 19.4 Å². The number of nitro benzene ring substituents is 1. The fourth-order valence-corrected chi connectivity index (χ4v) is 2.87. The SMILES string of the molecule is CC[C@@H](Oc1cccc2ccccc12)C(=O)Nc1cc([N+](=O)[O-])ccc1Cl. The average molecular weight is 385 g/mol. The van der Waals surface area contributed by atoms with E-state index in [-0.39, 0.29) is 16.4 Å². The van der Waals surface area contributed by atoms with Gasteiger partial charge in [0.05, 0.1) is 15.6 Å². The van der Waals surface area contributed by atoms with Crippen LogP contribution in [0.3, 0.4) is 0 Å². The quantitative estimate of drug-likeness (QED) is 0.468. The Kier molecular flexibility index (Phi) is 5.57. The first-order chi connectivity index (χ1) is 13.0. The van der Waals surface area contributed by atoms with Crippen molar-refractivity contribution < 1.29 is 14.5 Å². The number of anilines is 1. The number of carbonyl (C=O) groups excluding carboxylic acids is 1. The minimum absolute atomic E-state index is 0.155. The molecule has 0 bridgehead atoms. The van der Waals surface area contributed by atoms with Crippen molar-refractivity contribution in [3.63, 3.8) is 0 Å². The van der Waals surface area contributed by atoms with Crippen LogP contribution in [0.5, 0.6) is 5.75 Å². The van der Waals surface area contributed by atoms with Crippen LogP contribution in [0.4, 0.5) is 11.4 Å². The largest absolute Gasteiger partial charge is 0.480 e. The van der Waals surface area contributed by atoms with E-state index in [0.29, 0.717) is 12.2 Å². The summed E-state index contributed by atoms with van der Waals surface area (Å²) >= 11 is 6.05. The first-order valence-corrected chi connectivity index (χ1v) is 8.76. The molecule has 1 atom stereocenters. The van der Waals surface area contributed by atoms with Gasteiger partial charge in [0.1, 0.15) is 5.75 Å². The van der Waals surface area contributed by atoms with Gasteiger partial charge in [0.2, 0.25) is 0 Å². The molecular formula is C20H17ClN2O4. The molecule has 27 heavy (non-hydrogen) atoms. The molecule has 0 radical (unpaired) electrons. The van der Waals surface area contributed by atoms with Gasteiger partial charge < -0.3 is 10.1 Å². The van der Waals surface area contributed by atoms with Crippen LogP contribution in [0.25, 0.3) is 10.8 Å². The fraction of sp³-hybridized carbons (Fsp3) is 0.150. The Morgan fingerprint density at radius 2 is 1.93 bits per heavy atom. The molecule has 0 heterocycles. The van der Waals surface area contributed by atoms with Gasteiger partial charge in [-0.3, -0.25) is 14.9 Å².